The van der Waals surface area contributed by atoms with Crippen molar-refractivity contribution in [2.24, 2.45) is 11.3 Å². The van der Waals surface area contributed by atoms with Crippen LogP contribution in [0.5, 0.6) is 0 Å². The summed E-state index contributed by atoms with van der Waals surface area (Å²) in [7, 11) is 0. The van der Waals surface area contributed by atoms with E-state index in [1.165, 1.54) is 0 Å². The van der Waals surface area contributed by atoms with E-state index in [1.54, 1.807) is 0 Å². The van der Waals surface area contributed by atoms with Crippen LogP contribution in [0.2, 0.25) is 0 Å². The molecule has 0 bridgehead atoms. The summed E-state index contributed by atoms with van der Waals surface area (Å²) in [5.74, 6) is 0.284. The van der Waals surface area contributed by atoms with Crippen molar-refractivity contribution < 1.29 is 4.79 Å². The fraction of sp³-hybridized carbons (Fsp3) is 0.778. The molecule has 0 heterocycles. The number of hydrogen-bond acceptors (Lipinski definition) is 2. The molecule has 3 heteroatoms. The molecule has 0 radical (unpaired) electrons. The lowest BCUT2D eigenvalue weighted by Gasteiger charge is -2.03. The topological polar surface area (TPSA) is 52.9 Å². The molecule has 1 atom stereocenters. The van der Waals surface area contributed by atoms with Crippen LogP contribution < -0.4 is 5.32 Å². The first-order valence-corrected chi connectivity index (χ1v) is 4.22. The second kappa shape index (κ2) is 3.14. The van der Waals surface area contributed by atoms with Gasteiger partial charge in [-0.05, 0) is 11.8 Å². The first-order valence-electron chi connectivity index (χ1n) is 4.22. The quantitative estimate of drug-likeness (QED) is 0.637. The molecular weight excluding hydrogens is 152 g/mol. The van der Waals surface area contributed by atoms with Gasteiger partial charge in [0.25, 0.3) is 0 Å². The van der Waals surface area contributed by atoms with E-state index in [0.717, 1.165) is 6.42 Å². The third-order valence-corrected chi connectivity index (χ3v) is 2.37. The zero-order valence-electron chi connectivity index (χ0n) is 7.55. The molecular formula is C9H14N2O. The normalized spacial score (nSPS) is 24.2. The molecule has 1 N–H and O–H groups in total. The molecule has 0 aromatic carbocycles. The van der Waals surface area contributed by atoms with Gasteiger partial charge < -0.3 is 5.32 Å². The van der Waals surface area contributed by atoms with Crippen LogP contribution in [0.25, 0.3) is 0 Å². The first kappa shape index (κ1) is 9.05. The van der Waals surface area contributed by atoms with E-state index < -0.39 is 0 Å². The standard InChI is InChI=1S/C9H14N2O/c1-9(2)6-7(9)8(12)11-5-3-4-10/h7H,3,5-6H2,1-2H3,(H,11,12)/t7-/m1/s1. The fourth-order valence-electron chi connectivity index (χ4n) is 1.28. The van der Waals surface area contributed by atoms with E-state index in [1.807, 2.05) is 6.07 Å². The Morgan fingerprint density at radius 2 is 2.33 bits per heavy atom. The zero-order chi connectivity index (χ0) is 9.19. The molecule has 1 fully saturated rings. The van der Waals surface area contributed by atoms with Crippen molar-refractivity contribution in [1.82, 2.24) is 5.32 Å². The highest BCUT2D eigenvalue weighted by Crippen LogP contribution is 2.51. The van der Waals surface area contributed by atoms with Crippen LogP contribution in [-0.4, -0.2) is 12.5 Å². The van der Waals surface area contributed by atoms with Crippen molar-refractivity contribution in [3.63, 3.8) is 0 Å². The number of carbonyl (C=O) groups is 1. The Kier molecular flexibility index (Phi) is 2.37. The number of hydrogen-bond donors (Lipinski definition) is 1. The second-order valence-corrected chi connectivity index (χ2v) is 3.94. The SMILES string of the molecule is CC1(C)C[C@@H]1C(=O)NCCC#N. The van der Waals surface area contributed by atoms with Crippen LogP contribution >= 0.6 is 0 Å². The highest BCUT2D eigenvalue weighted by molar-refractivity contribution is 5.82. The van der Waals surface area contributed by atoms with Gasteiger partial charge in [-0.1, -0.05) is 13.8 Å². The number of amides is 1. The van der Waals surface area contributed by atoms with E-state index in [0.29, 0.717) is 13.0 Å². The Hall–Kier alpha value is -1.04. The van der Waals surface area contributed by atoms with Crippen LogP contribution in [-0.2, 0) is 4.79 Å². The van der Waals surface area contributed by atoms with Gasteiger partial charge in [0.2, 0.25) is 5.91 Å². The number of nitrogens with one attached hydrogen (secondary N) is 1. The van der Waals surface area contributed by atoms with Crippen molar-refractivity contribution >= 4 is 5.91 Å². The van der Waals surface area contributed by atoms with Gasteiger partial charge in [0, 0.05) is 12.5 Å². The highest BCUT2D eigenvalue weighted by Gasteiger charge is 2.50. The maximum Gasteiger partial charge on any atom is 0.223 e. The van der Waals surface area contributed by atoms with Gasteiger partial charge in [0.05, 0.1) is 12.5 Å². The van der Waals surface area contributed by atoms with E-state index in [2.05, 4.69) is 19.2 Å². The predicted molar refractivity (Wildman–Crippen MR) is 45.1 cm³/mol. The molecule has 12 heavy (non-hydrogen) atoms. The summed E-state index contributed by atoms with van der Waals surface area (Å²) in [4.78, 5) is 11.3. The molecule has 0 spiro atoms. The van der Waals surface area contributed by atoms with Crippen LogP contribution in [0.15, 0.2) is 0 Å². The van der Waals surface area contributed by atoms with Crippen LogP contribution in [0.1, 0.15) is 26.7 Å². The highest BCUT2D eigenvalue weighted by atomic mass is 16.2. The third-order valence-electron chi connectivity index (χ3n) is 2.37. The molecule has 66 valence electrons. The molecule has 0 saturated heterocycles. The third kappa shape index (κ3) is 1.97. The van der Waals surface area contributed by atoms with Crippen LogP contribution in [0.3, 0.4) is 0 Å². The number of nitriles is 1. The lowest BCUT2D eigenvalue weighted by atomic mass is 10.1. The van der Waals surface area contributed by atoms with Crippen molar-refractivity contribution in [2.45, 2.75) is 26.7 Å². The summed E-state index contributed by atoms with van der Waals surface area (Å²) < 4.78 is 0. The average Bonchev–Trinajstić information content (AvgIpc) is 2.60. The smallest absolute Gasteiger partial charge is 0.223 e. The molecule has 3 nitrogen and oxygen atoms in total. The average molecular weight is 166 g/mol. The number of carbonyl (C=O) groups excluding carboxylic acids is 1. The Morgan fingerprint density at radius 1 is 1.75 bits per heavy atom. The molecule has 0 aromatic rings. The summed E-state index contributed by atoms with van der Waals surface area (Å²) in [6.45, 7) is 4.66. The van der Waals surface area contributed by atoms with Gasteiger partial charge in [-0.3, -0.25) is 4.79 Å². The predicted octanol–water partition coefficient (Wildman–Crippen LogP) is 1.06. The maximum absolute atomic E-state index is 11.3. The summed E-state index contributed by atoms with van der Waals surface area (Å²) in [5, 5.41) is 11.0. The van der Waals surface area contributed by atoms with E-state index >= 15 is 0 Å². The molecule has 1 aliphatic carbocycles. The molecule has 1 aliphatic rings. The lowest BCUT2D eigenvalue weighted by Crippen LogP contribution is -2.27. The lowest BCUT2D eigenvalue weighted by molar-refractivity contribution is -0.122. The Bertz CT molecular complexity index is 227. The van der Waals surface area contributed by atoms with Crippen LogP contribution in [0, 0.1) is 22.7 Å². The summed E-state index contributed by atoms with van der Waals surface area (Å²) >= 11 is 0. The minimum absolute atomic E-state index is 0.107. The Balaban J connectivity index is 2.19. The molecule has 1 saturated carbocycles. The van der Waals surface area contributed by atoms with E-state index in [4.69, 9.17) is 5.26 Å². The van der Waals surface area contributed by atoms with Gasteiger partial charge in [0.1, 0.15) is 0 Å². The summed E-state index contributed by atoms with van der Waals surface area (Å²) in [6, 6.07) is 1.99. The summed E-state index contributed by atoms with van der Waals surface area (Å²) in [5.41, 5.74) is 0.191. The van der Waals surface area contributed by atoms with E-state index in [9.17, 15) is 4.79 Å². The number of nitrogens with zero attached hydrogens (tertiary/aromatic N) is 1. The van der Waals surface area contributed by atoms with Gasteiger partial charge in [-0.25, -0.2) is 0 Å². The first-order chi connectivity index (χ1) is 5.58. The molecule has 1 amide bonds. The largest absolute Gasteiger partial charge is 0.355 e. The van der Waals surface area contributed by atoms with Gasteiger partial charge in [0.15, 0.2) is 0 Å². The van der Waals surface area contributed by atoms with Crippen molar-refractivity contribution in [3.05, 3.63) is 0 Å². The second-order valence-electron chi connectivity index (χ2n) is 3.94. The monoisotopic (exact) mass is 166 g/mol. The van der Waals surface area contributed by atoms with Crippen molar-refractivity contribution in [2.75, 3.05) is 6.54 Å². The van der Waals surface area contributed by atoms with Gasteiger partial charge >= 0.3 is 0 Å². The van der Waals surface area contributed by atoms with Gasteiger partial charge in [-0.2, -0.15) is 5.26 Å². The van der Waals surface area contributed by atoms with Gasteiger partial charge in [-0.15, -0.1) is 0 Å². The molecule has 0 aliphatic heterocycles. The minimum Gasteiger partial charge on any atom is -0.355 e. The van der Waals surface area contributed by atoms with E-state index in [-0.39, 0.29) is 17.2 Å². The van der Waals surface area contributed by atoms with Crippen molar-refractivity contribution in [1.29, 1.82) is 5.26 Å². The molecule has 0 unspecified atom stereocenters. The molecule has 1 rings (SSSR count). The number of rotatable bonds is 3. The van der Waals surface area contributed by atoms with Crippen LogP contribution in [0.4, 0.5) is 0 Å². The summed E-state index contributed by atoms with van der Waals surface area (Å²) in [6.07, 6.45) is 1.38. The molecule has 0 aromatic heterocycles. The Labute approximate surface area is 72.8 Å². The maximum atomic E-state index is 11.3. The zero-order valence-corrected chi connectivity index (χ0v) is 7.55. The fourth-order valence-corrected chi connectivity index (χ4v) is 1.28. The van der Waals surface area contributed by atoms with Crippen molar-refractivity contribution in [3.8, 4) is 6.07 Å². The minimum atomic E-state index is 0.107. The Morgan fingerprint density at radius 3 is 2.75 bits per heavy atom.